The van der Waals surface area contributed by atoms with Crippen LogP contribution in [-0.2, 0) is 4.79 Å². The molecule has 0 bridgehead atoms. The number of ketones is 1. The van der Waals surface area contributed by atoms with Crippen LogP contribution in [0.4, 0.5) is 10.1 Å². The number of fused-ring (bicyclic) bond motifs is 1. The lowest BCUT2D eigenvalue weighted by atomic mass is 9.88. The molecule has 23 heavy (non-hydrogen) atoms. The second kappa shape index (κ2) is 6.04. The fourth-order valence-corrected chi connectivity index (χ4v) is 2.54. The van der Waals surface area contributed by atoms with E-state index in [2.05, 4.69) is 11.9 Å². The van der Waals surface area contributed by atoms with Gasteiger partial charge in [0.1, 0.15) is 18.2 Å². The molecule has 2 aromatic carbocycles. The highest BCUT2D eigenvalue weighted by atomic mass is 19.1. The molecule has 0 radical (unpaired) electrons. The Balaban J connectivity index is 1.89. The van der Waals surface area contributed by atoms with E-state index in [0.717, 1.165) is 6.08 Å². The first kappa shape index (κ1) is 15.0. The van der Waals surface area contributed by atoms with Crippen LogP contribution in [0.5, 0.6) is 5.75 Å². The van der Waals surface area contributed by atoms with E-state index in [1.165, 1.54) is 12.1 Å². The molecule has 1 heterocycles. The molecule has 1 amide bonds. The van der Waals surface area contributed by atoms with Gasteiger partial charge >= 0.3 is 0 Å². The number of benzene rings is 2. The van der Waals surface area contributed by atoms with Gasteiger partial charge in [0.05, 0.1) is 11.5 Å². The quantitative estimate of drug-likeness (QED) is 0.885. The number of carbonyl (C=O) groups excluding carboxylic acids is 2. The zero-order valence-corrected chi connectivity index (χ0v) is 12.2. The van der Waals surface area contributed by atoms with Gasteiger partial charge in [0.25, 0.3) is 0 Å². The molecule has 4 nitrogen and oxygen atoms in total. The second-order valence-corrected chi connectivity index (χ2v) is 5.15. The minimum atomic E-state index is -0.700. The Kier molecular flexibility index (Phi) is 3.93. The van der Waals surface area contributed by atoms with Crippen LogP contribution in [0.25, 0.3) is 0 Å². The molecule has 1 atom stereocenters. The number of amides is 1. The van der Waals surface area contributed by atoms with E-state index in [1.807, 2.05) is 0 Å². The van der Waals surface area contributed by atoms with Gasteiger partial charge in [-0.25, -0.2) is 4.39 Å². The topological polar surface area (TPSA) is 55.4 Å². The van der Waals surface area contributed by atoms with Gasteiger partial charge in [-0.1, -0.05) is 24.8 Å². The van der Waals surface area contributed by atoms with E-state index in [-0.39, 0.29) is 18.0 Å². The van der Waals surface area contributed by atoms with Gasteiger partial charge in [0.2, 0.25) is 5.91 Å². The summed E-state index contributed by atoms with van der Waals surface area (Å²) in [6.07, 6.45) is 1.10. The molecule has 0 saturated heterocycles. The highest BCUT2D eigenvalue weighted by Gasteiger charge is 2.31. The largest absolute Gasteiger partial charge is 0.492 e. The summed E-state index contributed by atoms with van der Waals surface area (Å²) in [6, 6.07) is 11.1. The Morgan fingerprint density at radius 1 is 1.30 bits per heavy atom. The third-order valence-electron chi connectivity index (χ3n) is 3.70. The number of carbonyl (C=O) groups is 2. The molecule has 0 saturated carbocycles. The van der Waals surface area contributed by atoms with Crippen molar-refractivity contribution in [2.24, 2.45) is 0 Å². The van der Waals surface area contributed by atoms with E-state index in [4.69, 9.17) is 4.74 Å². The number of rotatable bonds is 3. The predicted octanol–water partition coefficient (Wildman–Crippen LogP) is 3.31. The third kappa shape index (κ3) is 2.85. The zero-order chi connectivity index (χ0) is 16.4. The van der Waals surface area contributed by atoms with E-state index < -0.39 is 17.6 Å². The highest BCUT2D eigenvalue weighted by Crippen LogP contribution is 2.33. The molecule has 1 N–H and O–H groups in total. The monoisotopic (exact) mass is 311 g/mol. The van der Waals surface area contributed by atoms with Crippen LogP contribution >= 0.6 is 0 Å². The number of hydrogen-bond acceptors (Lipinski definition) is 3. The van der Waals surface area contributed by atoms with Crippen molar-refractivity contribution in [2.45, 2.75) is 5.92 Å². The SMILES string of the molecule is C=CC(=O)Nc1ccc(C2COc3ccccc3C2=O)c(F)c1. The van der Waals surface area contributed by atoms with Crippen molar-refractivity contribution < 1.29 is 18.7 Å². The molecule has 0 spiro atoms. The average Bonchev–Trinajstić information content (AvgIpc) is 2.56. The van der Waals surface area contributed by atoms with Gasteiger partial charge < -0.3 is 10.1 Å². The maximum Gasteiger partial charge on any atom is 0.247 e. The third-order valence-corrected chi connectivity index (χ3v) is 3.70. The molecule has 116 valence electrons. The summed E-state index contributed by atoms with van der Waals surface area (Å²) in [7, 11) is 0. The molecule has 0 fully saturated rings. The van der Waals surface area contributed by atoms with Crippen molar-refractivity contribution in [3.05, 3.63) is 72.1 Å². The van der Waals surface area contributed by atoms with Crippen molar-refractivity contribution in [2.75, 3.05) is 11.9 Å². The number of Topliss-reactive ketones (excluding diaryl/α,β-unsaturated/α-hetero) is 1. The molecule has 1 aliphatic rings. The summed E-state index contributed by atoms with van der Waals surface area (Å²) in [5, 5.41) is 2.48. The first-order valence-corrected chi connectivity index (χ1v) is 7.09. The van der Waals surface area contributed by atoms with Crippen LogP contribution in [0.15, 0.2) is 55.1 Å². The lowest BCUT2D eigenvalue weighted by Gasteiger charge is -2.24. The van der Waals surface area contributed by atoms with Crippen LogP contribution in [0.1, 0.15) is 21.8 Å². The van der Waals surface area contributed by atoms with Crippen molar-refractivity contribution in [3.63, 3.8) is 0 Å². The number of nitrogens with one attached hydrogen (secondary N) is 1. The molecule has 3 rings (SSSR count). The van der Waals surface area contributed by atoms with Crippen LogP contribution in [0.2, 0.25) is 0 Å². The van der Waals surface area contributed by atoms with Gasteiger partial charge in [-0.15, -0.1) is 0 Å². The Hall–Kier alpha value is -2.95. The molecule has 1 unspecified atom stereocenters. The summed E-state index contributed by atoms with van der Waals surface area (Å²) in [6.45, 7) is 3.42. The first-order valence-electron chi connectivity index (χ1n) is 7.09. The summed E-state index contributed by atoms with van der Waals surface area (Å²) in [5.41, 5.74) is 1.01. The van der Waals surface area contributed by atoms with Gasteiger partial charge in [-0.2, -0.15) is 0 Å². The fraction of sp³-hybridized carbons (Fsp3) is 0.111. The summed E-state index contributed by atoms with van der Waals surface area (Å²) < 4.78 is 19.9. The van der Waals surface area contributed by atoms with Gasteiger partial charge in [-0.05, 0) is 30.3 Å². The number of para-hydroxylation sites is 1. The van der Waals surface area contributed by atoms with E-state index >= 15 is 0 Å². The number of anilines is 1. The Morgan fingerprint density at radius 2 is 2.09 bits per heavy atom. The van der Waals surface area contributed by atoms with Gasteiger partial charge in [-0.3, -0.25) is 9.59 Å². The molecule has 2 aromatic rings. The fourth-order valence-electron chi connectivity index (χ4n) is 2.54. The summed E-state index contributed by atoms with van der Waals surface area (Å²) >= 11 is 0. The zero-order valence-electron chi connectivity index (χ0n) is 12.2. The van der Waals surface area contributed by atoms with Gasteiger partial charge in [0, 0.05) is 11.3 Å². The molecule has 0 aliphatic carbocycles. The Labute approximate surface area is 132 Å². The minimum absolute atomic E-state index is 0.0884. The molecule has 1 aliphatic heterocycles. The molecule has 5 heteroatoms. The predicted molar refractivity (Wildman–Crippen MR) is 84.2 cm³/mol. The Morgan fingerprint density at radius 3 is 2.83 bits per heavy atom. The Bertz CT molecular complexity index is 801. The molecular weight excluding hydrogens is 297 g/mol. The van der Waals surface area contributed by atoms with E-state index in [9.17, 15) is 14.0 Å². The summed E-state index contributed by atoms with van der Waals surface area (Å²) in [5.74, 6) is -1.34. The minimum Gasteiger partial charge on any atom is -0.492 e. The second-order valence-electron chi connectivity index (χ2n) is 5.15. The van der Waals surface area contributed by atoms with Crippen LogP contribution in [-0.4, -0.2) is 18.3 Å². The van der Waals surface area contributed by atoms with Crippen molar-refractivity contribution >= 4 is 17.4 Å². The highest BCUT2D eigenvalue weighted by molar-refractivity contribution is 6.04. The summed E-state index contributed by atoms with van der Waals surface area (Å²) in [4.78, 5) is 23.8. The van der Waals surface area contributed by atoms with Crippen LogP contribution in [0, 0.1) is 5.82 Å². The van der Waals surface area contributed by atoms with Crippen LogP contribution < -0.4 is 10.1 Å². The molecule has 0 aromatic heterocycles. The number of halogens is 1. The van der Waals surface area contributed by atoms with Gasteiger partial charge in [0.15, 0.2) is 5.78 Å². The standard InChI is InChI=1S/C18H14FNO3/c1-2-17(21)20-11-7-8-12(15(19)9-11)14-10-23-16-6-4-3-5-13(16)18(14)22/h2-9,14H,1,10H2,(H,20,21). The normalized spacial score (nSPS) is 16.2. The lowest BCUT2D eigenvalue weighted by Crippen LogP contribution is -2.26. The van der Waals surface area contributed by atoms with Crippen LogP contribution in [0.3, 0.4) is 0 Å². The smallest absolute Gasteiger partial charge is 0.247 e. The molecular formula is C18H14FNO3. The van der Waals surface area contributed by atoms with Crippen molar-refractivity contribution in [1.29, 1.82) is 0 Å². The lowest BCUT2D eigenvalue weighted by molar-refractivity contribution is -0.111. The maximum atomic E-state index is 14.4. The van der Waals surface area contributed by atoms with E-state index in [0.29, 0.717) is 17.0 Å². The van der Waals surface area contributed by atoms with E-state index in [1.54, 1.807) is 30.3 Å². The number of hydrogen-bond donors (Lipinski definition) is 1. The first-order chi connectivity index (χ1) is 11.1. The average molecular weight is 311 g/mol. The van der Waals surface area contributed by atoms with Crippen molar-refractivity contribution in [3.8, 4) is 5.75 Å². The number of ether oxygens (including phenoxy) is 1. The maximum absolute atomic E-state index is 14.4. The van der Waals surface area contributed by atoms with Crippen molar-refractivity contribution in [1.82, 2.24) is 0 Å².